The highest BCUT2D eigenvalue weighted by Crippen LogP contribution is 2.36. The molecule has 0 spiro atoms. The van der Waals surface area contributed by atoms with Gasteiger partial charge in [-0.25, -0.2) is 9.59 Å². The van der Waals surface area contributed by atoms with E-state index < -0.39 is 127 Å². The molecular weight excluding hydrogens is 720 g/mol. The number of rotatable bonds is 13. The van der Waals surface area contributed by atoms with Gasteiger partial charge in [0.2, 0.25) is 12.4 Å². The summed E-state index contributed by atoms with van der Waals surface area (Å²) in [6, 6.07) is 2.98. The van der Waals surface area contributed by atoms with Crippen LogP contribution in [0.3, 0.4) is 0 Å². The predicted octanol–water partition coefficient (Wildman–Crippen LogP) is -0.301. The van der Waals surface area contributed by atoms with E-state index in [-0.39, 0.29) is 5.56 Å². The molecule has 1 aromatic rings. The second-order valence-corrected chi connectivity index (χ2v) is 11.4. The summed E-state index contributed by atoms with van der Waals surface area (Å²) >= 11 is 0. The molecule has 0 saturated carbocycles. The van der Waals surface area contributed by atoms with Gasteiger partial charge in [-0.05, 0) is 18.2 Å². The molecule has 21 nitrogen and oxygen atoms in total. The molecule has 3 rings (SSSR count). The number of phenols is 1. The molecule has 2 N–H and O–H groups in total. The maximum absolute atomic E-state index is 12.8. The van der Waals surface area contributed by atoms with Crippen LogP contribution in [0.25, 0.3) is 0 Å². The standard InChI is InChI=1S/C32H38O21/c1-12(33)45-22-21(11-44-31-27(49-16(5)37)25(48-15(4)36)24(47-14(3)35)26(53-31)30(42)43-7)52-32(28(50-17(6)38)23(22)46-13(2)34)51-20-9-8-18(29(40)41)10-19(20)39/h8-10,21-28,31-32,39H,11H2,1-7H3,(H,40,41)/t21-,22+,23+,24+,25+,26+,27-,28-,31-,32-/m1/s1. The number of esters is 7. The fraction of sp³-hybridized carbons (Fsp3) is 0.562. The molecule has 0 bridgehead atoms. The first-order chi connectivity index (χ1) is 24.8. The van der Waals surface area contributed by atoms with Crippen molar-refractivity contribution in [3.63, 3.8) is 0 Å². The number of benzene rings is 1. The van der Waals surface area contributed by atoms with Crippen molar-refractivity contribution < 1.29 is 101 Å². The van der Waals surface area contributed by atoms with Gasteiger partial charge in [0, 0.05) is 41.5 Å². The maximum atomic E-state index is 12.8. The molecule has 10 atom stereocenters. The smallest absolute Gasteiger partial charge is 0.339 e. The Hall–Kier alpha value is -5.54. The Bertz CT molecular complexity index is 1570. The third-order valence-electron chi connectivity index (χ3n) is 7.21. The van der Waals surface area contributed by atoms with E-state index in [0.29, 0.717) is 0 Å². The molecule has 0 amide bonds. The molecule has 2 heterocycles. The number of carbonyl (C=O) groups excluding carboxylic acids is 7. The van der Waals surface area contributed by atoms with Gasteiger partial charge in [0.15, 0.2) is 54.4 Å². The van der Waals surface area contributed by atoms with Crippen LogP contribution in [-0.2, 0) is 80.9 Å². The zero-order valence-electron chi connectivity index (χ0n) is 29.4. The number of carboxylic acids is 1. The number of aromatic carboxylic acids is 1. The Labute approximate surface area is 300 Å². The molecule has 292 valence electrons. The Kier molecular flexibility index (Phi) is 14.4. The summed E-state index contributed by atoms with van der Waals surface area (Å²) in [4.78, 5) is 97.5. The minimum atomic E-state index is -1.86. The van der Waals surface area contributed by atoms with E-state index in [1.54, 1.807) is 0 Å². The van der Waals surface area contributed by atoms with Crippen LogP contribution in [0.4, 0.5) is 0 Å². The lowest BCUT2D eigenvalue weighted by Crippen LogP contribution is -2.65. The van der Waals surface area contributed by atoms with E-state index in [1.807, 2.05) is 0 Å². The third-order valence-corrected chi connectivity index (χ3v) is 7.21. The first-order valence-electron chi connectivity index (χ1n) is 15.6. The van der Waals surface area contributed by atoms with Crippen LogP contribution in [0.15, 0.2) is 18.2 Å². The Balaban J connectivity index is 2.10. The summed E-state index contributed by atoms with van der Waals surface area (Å²) in [5.74, 6) is -9.30. The lowest BCUT2D eigenvalue weighted by molar-refractivity contribution is -0.323. The second kappa shape index (κ2) is 18.3. The van der Waals surface area contributed by atoms with Crippen LogP contribution in [0.5, 0.6) is 11.5 Å². The number of ether oxygens (including phenoxy) is 11. The van der Waals surface area contributed by atoms with Crippen LogP contribution >= 0.6 is 0 Å². The van der Waals surface area contributed by atoms with Crippen molar-refractivity contribution in [2.45, 2.75) is 103 Å². The second-order valence-electron chi connectivity index (χ2n) is 11.4. The average Bonchev–Trinajstić information content (AvgIpc) is 3.04. The van der Waals surface area contributed by atoms with Gasteiger partial charge in [-0.3, -0.25) is 28.8 Å². The fourth-order valence-electron chi connectivity index (χ4n) is 5.36. The highest BCUT2D eigenvalue weighted by molar-refractivity contribution is 5.88. The summed E-state index contributed by atoms with van der Waals surface area (Å²) in [6.45, 7) is 5.14. The fourth-order valence-corrected chi connectivity index (χ4v) is 5.36. The summed E-state index contributed by atoms with van der Waals surface area (Å²) in [6.07, 6.45) is -17.3. The Morgan fingerprint density at radius 2 is 1.08 bits per heavy atom. The summed E-state index contributed by atoms with van der Waals surface area (Å²) in [5.41, 5.74) is -0.321. The molecule has 2 fully saturated rings. The molecule has 53 heavy (non-hydrogen) atoms. The van der Waals surface area contributed by atoms with Gasteiger partial charge in [-0.1, -0.05) is 0 Å². The van der Waals surface area contributed by atoms with Crippen LogP contribution in [-0.4, -0.2) is 133 Å². The SMILES string of the molecule is COC(=O)[C@H]1O[C@@H](OC[C@H]2O[C@@H](Oc3ccc(C(=O)O)cc3O)[C@H](OC(C)=O)[C@@H](OC(C)=O)[C@H]2OC(C)=O)[C@H](OC(C)=O)[C@@H](OC(C)=O)[C@@H]1OC(C)=O. The van der Waals surface area contributed by atoms with Crippen LogP contribution in [0, 0.1) is 0 Å². The van der Waals surface area contributed by atoms with E-state index >= 15 is 0 Å². The highest BCUT2D eigenvalue weighted by atomic mass is 16.8. The third kappa shape index (κ3) is 11.2. The topological polar surface area (TPSA) is 279 Å². The quantitative estimate of drug-likeness (QED) is 0.193. The maximum Gasteiger partial charge on any atom is 0.339 e. The van der Waals surface area contributed by atoms with E-state index in [2.05, 4.69) is 0 Å². The molecule has 2 aliphatic rings. The first-order valence-corrected chi connectivity index (χ1v) is 15.6. The summed E-state index contributed by atoms with van der Waals surface area (Å²) in [5, 5.41) is 19.8. The van der Waals surface area contributed by atoms with Gasteiger partial charge >= 0.3 is 47.8 Å². The summed E-state index contributed by atoms with van der Waals surface area (Å²) < 4.78 is 60.3. The van der Waals surface area contributed by atoms with Gasteiger partial charge in [0.1, 0.15) is 6.10 Å². The van der Waals surface area contributed by atoms with Crippen molar-refractivity contribution in [3.05, 3.63) is 23.8 Å². The van der Waals surface area contributed by atoms with Crippen molar-refractivity contribution in [1.82, 2.24) is 0 Å². The Morgan fingerprint density at radius 3 is 1.55 bits per heavy atom. The van der Waals surface area contributed by atoms with Crippen molar-refractivity contribution in [2.24, 2.45) is 0 Å². The number of carbonyl (C=O) groups is 8. The molecule has 0 unspecified atom stereocenters. The number of methoxy groups -OCH3 is 1. The monoisotopic (exact) mass is 758 g/mol. The molecule has 21 heteroatoms. The number of hydrogen-bond donors (Lipinski definition) is 2. The largest absolute Gasteiger partial charge is 0.504 e. The molecule has 2 saturated heterocycles. The molecule has 1 aromatic carbocycles. The van der Waals surface area contributed by atoms with E-state index in [1.165, 1.54) is 0 Å². The van der Waals surface area contributed by atoms with Gasteiger partial charge in [0.05, 0.1) is 19.3 Å². The number of phenolic OH excluding ortho intramolecular Hbond substituents is 1. The van der Waals surface area contributed by atoms with E-state index in [4.69, 9.17) is 52.1 Å². The average molecular weight is 759 g/mol. The Morgan fingerprint density at radius 1 is 0.623 bits per heavy atom. The van der Waals surface area contributed by atoms with Crippen molar-refractivity contribution in [2.75, 3.05) is 13.7 Å². The summed E-state index contributed by atoms with van der Waals surface area (Å²) in [7, 11) is 0.979. The van der Waals surface area contributed by atoms with Crippen LogP contribution < -0.4 is 4.74 Å². The highest BCUT2D eigenvalue weighted by Gasteiger charge is 2.57. The lowest BCUT2D eigenvalue weighted by atomic mass is 9.97. The molecule has 2 aliphatic heterocycles. The predicted molar refractivity (Wildman–Crippen MR) is 164 cm³/mol. The first kappa shape index (κ1) is 41.9. The normalized spacial score (nSPS) is 27.9. The van der Waals surface area contributed by atoms with Crippen LogP contribution in [0.1, 0.15) is 51.9 Å². The number of carboxylic acid groups (broad SMARTS) is 1. The van der Waals surface area contributed by atoms with Crippen LogP contribution in [0.2, 0.25) is 0 Å². The van der Waals surface area contributed by atoms with Crippen molar-refractivity contribution in [3.8, 4) is 11.5 Å². The van der Waals surface area contributed by atoms with Crippen molar-refractivity contribution >= 4 is 47.8 Å². The van der Waals surface area contributed by atoms with Crippen molar-refractivity contribution in [1.29, 1.82) is 0 Å². The molecular formula is C32H38O21. The van der Waals surface area contributed by atoms with E-state index in [9.17, 15) is 48.6 Å². The van der Waals surface area contributed by atoms with Gasteiger partial charge < -0.3 is 62.3 Å². The number of aromatic hydroxyl groups is 1. The zero-order valence-corrected chi connectivity index (χ0v) is 29.4. The minimum Gasteiger partial charge on any atom is -0.504 e. The zero-order chi connectivity index (χ0) is 39.7. The van der Waals surface area contributed by atoms with Gasteiger partial charge in [0.25, 0.3) is 0 Å². The lowest BCUT2D eigenvalue weighted by Gasteiger charge is -2.45. The molecule has 0 aromatic heterocycles. The minimum absolute atomic E-state index is 0.321. The van der Waals surface area contributed by atoms with Gasteiger partial charge in [-0.2, -0.15) is 0 Å². The van der Waals surface area contributed by atoms with E-state index in [0.717, 1.165) is 66.9 Å². The number of hydrogen-bond acceptors (Lipinski definition) is 20. The molecule has 0 radical (unpaired) electrons. The molecule has 0 aliphatic carbocycles. The van der Waals surface area contributed by atoms with Gasteiger partial charge in [-0.15, -0.1) is 0 Å².